The van der Waals surface area contributed by atoms with Gasteiger partial charge in [0.25, 0.3) is 11.8 Å². The summed E-state index contributed by atoms with van der Waals surface area (Å²) in [5.41, 5.74) is 1.54. The number of anilines is 1. The van der Waals surface area contributed by atoms with E-state index in [9.17, 15) is 9.59 Å². The second kappa shape index (κ2) is 4.89. The molecule has 1 aromatic carbocycles. The number of halogens is 2. The smallest absolute Gasteiger partial charge is 0.266 e. The van der Waals surface area contributed by atoms with Crippen LogP contribution in [-0.4, -0.2) is 16.8 Å². The van der Waals surface area contributed by atoms with E-state index in [0.717, 1.165) is 4.90 Å². The quantitative estimate of drug-likeness (QED) is 0.631. The number of alkyl halides is 2. The van der Waals surface area contributed by atoms with E-state index >= 15 is 0 Å². The van der Waals surface area contributed by atoms with Crippen molar-refractivity contribution in [2.45, 2.75) is 4.84 Å². The minimum Gasteiger partial charge on any atom is -0.268 e. The van der Waals surface area contributed by atoms with Crippen LogP contribution in [0.4, 0.5) is 5.69 Å². The van der Waals surface area contributed by atoms with Crippen LogP contribution in [0.2, 0.25) is 0 Å². The Morgan fingerprint density at radius 1 is 1.00 bits per heavy atom. The van der Waals surface area contributed by atoms with E-state index in [1.807, 2.05) is 0 Å². The summed E-state index contributed by atoms with van der Waals surface area (Å²) in [5, 5.41) is 0. The lowest BCUT2D eigenvalue weighted by atomic mass is 10.1. The maximum Gasteiger partial charge on any atom is 0.266 e. The summed E-state index contributed by atoms with van der Waals surface area (Å²) in [5.74, 6) is -0.765. The molecule has 0 bridgehead atoms. The lowest BCUT2D eigenvalue weighted by Gasteiger charge is -2.18. The summed E-state index contributed by atoms with van der Waals surface area (Å²) >= 11 is 11.7. The first-order chi connectivity index (χ1) is 9.61. The molecule has 0 unspecified atom stereocenters. The molecular weight excluding hydrogens is 299 g/mol. The third-order valence-electron chi connectivity index (χ3n) is 3.10. The first-order valence-electron chi connectivity index (χ1n) is 5.81. The van der Waals surface area contributed by atoms with Gasteiger partial charge < -0.3 is 0 Å². The zero-order chi connectivity index (χ0) is 14.3. The maximum absolute atomic E-state index is 12.4. The molecule has 0 fully saturated rings. The number of amides is 2. The van der Waals surface area contributed by atoms with Gasteiger partial charge in [0.2, 0.25) is 0 Å². The molecule has 6 heteroatoms. The molecule has 1 aromatic heterocycles. The second-order valence-corrected chi connectivity index (χ2v) is 5.32. The number of fused-ring (bicyclic) bond motifs is 1. The minimum atomic E-state index is -0.872. The second-order valence-electron chi connectivity index (χ2n) is 4.23. The molecule has 2 amide bonds. The molecule has 0 atom stereocenters. The molecule has 100 valence electrons. The lowest BCUT2D eigenvalue weighted by molar-refractivity contribution is 0.0926. The van der Waals surface area contributed by atoms with E-state index in [0.29, 0.717) is 22.4 Å². The largest absolute Gasteiger partial charge is 0.268 e. The first-order valence-corrected chi connectivity index (χ1v) is 6.68. The Balaban J connectivity index is 2.15. The van der Waals surface area contributed by atoms with Crippen LogP contribution < -0.4 is 4.90 Å². The van der Waals surface area contributed by atoms with Crippen LogP contribution in [0.25, 0.3) is 0 Å². The average Bonchev–Trinajstić information content (AvgIpc) is 2.71. The van der Waals surface area contributed by atoms with Crippen LogP contribution in [0, 0.1) is 0 Å². The van der Waals surface area contributed by atoms with Crippen LogP contribution >= 0.6 is 23.2 Å². The molecular formula is C14H8Cl2N2O2. The number of hydrogen-bond donors (Lipinski definition) is 0. The summed E-state index contributed by atoms with van der Waals surface area (Å²) in [4.78, 5) is 28.9. The molecule has 0 N–H and O–H groups in total. The van der Waals surface area contributed by atoms with E-state index in [-0.39, 0.29) is 11.8 Å². The van der Waals surface area contributed by atoms with Gasteiger partial charge in [-0.05, 0) is 18.2 Å². The normalized spacial score (nSPS) is 14.1. The monoisotopic (exact) mass is 306 g/mol. The number of aromatic nitrogens is 1. The molecule has 0 spiro atoms. The summed E-state index contributed by atoms with van der Waals surface area (Å²) in [6.45, 7) is 0. The van der Waals surface area contributed by atoms with E-state index in [4.69, 9.17) is 23.2 Å². The first kappa shape index (κ1) is 13.1. The Morgan fingerprint density at radius 2 is 1.60 bits per heavy atom. The van der Waals surface area contributed by atoms with Crippen LogP contribution in [0.5, 0.6) is 0 Å². The minimum absolute atomic E-state index is 0.362. The Bertz CT molecular complexity index is 681. The van der Waals surface area contributed by atoms with Crippen molar-refractivity contribution in [3.63, 3.8) is 0 Å². The third kappa shape index (κ3) is 1.88. The topological polar surface area (TPSA) is 50.3 Å². The number of carbonyl (C=O) groups is 2. The highest BCUT2D eigenvalue weighted by Crippen LogP contribution is 2.36. The van der Waals surface area contributed by atoms with Gasteiger partial charge in [-0.1, -0.05) is 35.3 Å². The molecule has 1 aliphatic heterocycles. The Morgan fingerprint density at radius 3 is 2.15 bits per heavy atom. The molecule has 20 heavy (non-hydrogen) atoms. The molecule has 2 heterocycles. The number of hydrogen-bond acceptors (Lipinski definition) is 3. The molecule has 1 aliphatic rings. The van der Waals surface area contributed by atoms with Crippen LogP contribution in [0.3, 0.4) is 0 Å². The number of rotatable bonds is 2. The fraction of sp³-hybridized carbons (Fsp3) is 0.0714. The van der Waals surface area contributed by atoms with E-state index in [1.54, 1.807) is 30.3 Å². The van der Waals surface area contributed by atoms with Crippen LogP contribution in [0.15, 0.2) is 42.7 Å². The van der Waals surface area contributed by atoms with Crippen molar-refractivity contribution < 1.29 is 9.59 Å². The van der Waals surface area contributed by atoms with Crippen molar-refractivity contribution in [2.75, 3.05) is 4.90 Å². The van der Waals surface area contributed by atoms with Gasteiger partial charge >= 0.3 is 0 Å². The third-order valence-corrected chi connectivity index (χ3v) is 3.57. The van der Waals surface area contributed by atoms with Gasteiger partial charge in [0.15, 0.2) is 0 Å². The summed E-state index contributed by atoms with van der Waals surface area (Å²) in [6, 6.07) is 8.22. The highest BCUT2D eigenvalue weighted by Gasteiger charge is 2.37. The van der Waals surface area contributed by atoms with Crippen LogP contribution in [0.1, 0.15) is 31.1 Å². The van der Waals surface area contributed by atoms with Gasteiger partial charge in [0.05, 0.1) is 16.8 Å². The Kier molecular flexibility index (Phi) is 3.20. The van der Waals surface area contributed by atoms with Crippen LogP contribution in [-0.2, 0) is 0 Å². The average molecular weight is 307 g/mol. The fourth-order valence-corrected chi connectivity index (χ4v) is 2.52. The fourth-order valence-electron chi connectivity index (χ4n) is 2.18. The molecule has 3 rings (SSSR count). The number of nitrogens with zero attached hydrogens (tertiary/aromatic N) is 2. The molecule has 0 aliphatic carbocycles. The number of imide groups is 1. The van der Waals surface area contributed by atoms with E-state index < -0.39 is 4.84 Å². The summed E-state index contributed by atoms with van der Waals surface area (Å²) < 4.78 is 0. The van der Waals surface area contributed by atoms with Crippen molar-refractivity contribution in [3.8, 4) is 0 Å². The highest BCUT2D eigenvalue weighted by atomic mass is 35.5. The molecule has 0 saturated carbocycles. The number of carbonyl (C=O) groups excluding carboxylic acids is 2. The SMILES string of the molecule is O=C1c2ccccc2C(=O)N1c1ccncc1C(Cl)Cl. The Labute approximate surface area is 124 Å². The molecule has 4 nitrogen and oxygen atoms in total. The van der Waals surface area contributed by atoms with Crippen molar-refractivity contribution in [1.29, 1.82) is 0 Å². The van der Waals surface area contributed by atoms with Gasteiger partial charge in [0.1, 0.15) is 4.84 Å². The highest BCUT2D eigenvalue weighted by molar-refractivity contribution is 6.45. The van der Waals surface area contributed by atoms with Crippen molar-refractivity contribution >= 4 is 40.7 Å². The zero-order valence-electron chi connectivity index (χ0n) is 10.1. The molecule has 0 radical (unpaired) electrons. The van der Waals surface area contributed by atoms with Crippen molar-refractivity contribution in [1.82, 2.24) is 4.98 Å². The number of benzene rings is 1. The van der Waals surface area contributed by atoms with Gasteiger partial charge in [-0.2, -0.15) is 0 Å². The summed E-state index contributed by atoms with van der Waals surface area (Å²) in [7, 11) is 0. The van der Waals surface area contributed by atoms with Crippen molar-refractivity contribution in [3.05, 3.63) is 59.4 Å². The predicted octanol–water partition coefficient (Wildman–Crippen LogP) is 3.36. The standard InChI is InChI=1S/C14H8Cl2N2O2/c15-12(16)10-7-17-6-5-11(10)18-13(19)8-3-1-2-4-9(8)14(18)20/h1-7,12H. The summed E-state index contributed by atoms with van der Waals surface area (Å²) in [6.07, 6.45) is 2.93. The van der Waals surface area contributed by atoms with Gasteiger partial charge in [0, 0.05) is 18.0 Å². The lowest BCUT2D eigenvalue weighted by Crippen LogP contribution is -2.30. The predicted molar refractivity (Wildman–Crippen MR) is 76.3 cm³/mol. The van der Waals surface area contributed by atoms with Gasteiger partial charge in [-0.3, -0.25) is 14.6 Å². The van der Waals surface area contributed by atoms with Gasteiger partial charge in [-0.25, -0.2) is 4.90 Å². The zero-order valence-corrected chi connectivity index (χ0v) is 11.6. The maximum atomic E-state index is 12.4. The van der Waals surface area contributed by atoms with Gasteiger partial charge in [-0.15, -0.1) is 0 Å². The van der Waals surface area contributed by atoms with Crippen molar-refractivity contribution in [2.24, 2.45) is 0 Å². The van der Waals surface area contributed by atoms with E-state index in [1.165, 1.54) is 12.4 Å². The molecule has 0 saturated heterocycles. The Hall–Kier alpha value is -1.91. The number of pyridine rings is 1. The molecule has 2 aromatic rings. The van der Waals surface area contributed by atoms with E-state index in [2.05, 4.69) is 4.98 Å².